The van der Waals surface area contributed by atoms with Crippen LogP contribution in [0, 0.1) is 5.92 Å². The number of amides is 1. The van der Waals surface area contributed by atoms with Crippen molar-refractivity contribution in [2.75, 3.05) is 20.1 Å². The summed E-state index contributed by atoms with van der Waals surface area (Å²) in [5, 5.41) is 0.822. The van der Waals surface area contributed by atoms with Crippen molar-refractivity contribution in [3.8, 4) is 0 Å². The van der Waals surface area contributed by atoms with Gasteiger partial charge in [-0.3, -0.25) is 9.69 Å². The molecule has 2 aromatic rings. The zero-order valence-electron chi connectivity index (χ0n) is 14.7. The van der Waals surface area contributed by atoms with Gasteiger partial charge >= 0.3 is 0 Å². The van der Waals surface area contributed by atoms with Gasteiger partial charge in [-0.2, -0.15) is 0 Å². The number of rotatable bonds is 5. The quantitative estimate of drug-likeness (QED) is 0.801. The zero-order valence-corrected chi connectivity index (χ0v) is 15.5. The van der Waals surface area contributed by atoms with Crippen molar-refractivity contribution in [1.29, 1.82) is 0 Å². The van der Waals surface area contributed by atoms with E-state index in [2.05, 4.69) is 23.1 Å². The molecule has 132 valence electrons. The van der Waals surface area contributed by atoms with E-state index in [1.165, 1.54) is 5.56 Å². The number of nitrogens with zero attached hydrogens (tertiary/aromatic N) is 2. The standard InChI is InChI=1S/C21H25ClN2O/c1-23(15-17-7-3-2-4-8-17)21(25)18-11-13-24(14-12-18)16-19-9-5-6-10-20(19)22/h2-10,18H,11-16H2,1H3. The Kier molecular flexibility index (Phi) is 6.11. The lowest BCUT2D eigenvalue weighted by Gasteiger charge is -2.33. The van der Waals surface area contributed by atoms with E-state index in [0.29, 0.717) is 6.54 Å². The van der Waals surface area contributed by atoms with Crippen molar-refractivity contribution >= 4 is 17.5 Å². The van der Waals surface area contributed by atoms with Gasteiger partial charge in [0.1, 0.15) is 0 Å². The first-order valence-electron chi connectivity index (χ1n) is 8.88. The van der Waals surface area contributed by atoms with E-state index in [1.54, 1.807) is 0 Å². The Balaban J connectivity index is 1.50. The molecule has 0 radical (unpaired) electrons. The number of carbonyl (C=O) groups is 1. The maximum Gasteiger partial charge on any atom is 0.225 e. The topological polar surface area (TPSA) is 23.6 Å². The molecular formula is C21H25ClN2O. The highest BCUT2D eigenvalue weighted by atomic mass is 35.5. The van der Waals surface area contributed by atoms with Crippen molar-refractivity contribution in [2.24, 2.45) is 5.92 Å². The Labute approximate surface area is 155 Å². The molecular weight excluding hydrogens is 332 g/mol. The highest BCUT2D eigenvalue weighted by Crippen LogP contribution is 2.23. The molecule has 0 unspecified atom stereocenters. The first-order valence-corrected chi connectivity index (χ1v) is 9.26. The van der Waals surface area contributed by atoms with Crippen LogP contribution in [0.25, 0.3) is 0 Å². The van der Waals surface area contributed by atoms with Crippen LogP contribution in [0.5, 0.6) is 0 Å². The van der Waals surface area contributed by atoms with Crippen LogP contribution in [0.4, 0.5) is 0 Å². The molecule has 1 fully saturated rings. The average molecular weight is 357 g/mol. The molecule has 3 rings (SSSR count). The highest BCUT2D eigenvalue weighted by molar-refractivity contribution is 6.31. The summed E-state index contributed by atoms with van der Waals surface area (Å²) in [7, 11) is 1.91. The van der Waals surface area contributed by atoms with E-state index in [9.17, 15) is 4.79 Å². The van der Waals surface area contributed by atoms with Gasteiger partial charge in [0.2, 0.25) is 5.91 Å². The van der Waals surface area contributed by atoms with Crippen LogP contribution in [0.15, 0.2) is 54.6 Å². The Morgan fingerprint density at radius 3 is 2.40 bits per heavy atom. The number of likely N-dealkylation sites (tertiary alicyclic amines) is 1. The SMILES string of the molecule is CN(Cc1ccccc1)C(=O)C1CCN(Cc2ccccc2Cl)CC1. The van der Waals surface area contributed by atoms with Crippen LogP contribution >= 0.6 is 11.6 Å². The summed E-state index contributed by atoms with van der Waals surface area (Å²) in [5.74, 6) is 0.400. The van der Waals surface area contributed by atoms with Gasteiger partial charge in [0.25, 0.3) is 0 Å². The molecule has 0 aliphatic carbocycles. The number of benzene rings is 2. The minimum atomic E-state index is 0.135. The van der Waals surface area contributed by atoms with Gasteiger partial charge in [-0.25, -0.2) is 0 Å². The number of piperidine rings is 1. The summed E-state index contributed by atoms with van der Waals surface area (Å²) in [6.07, 6.45) is 1.84. The third-order valence-electron chi connectivity index (χ3n) is 4.93. The maximum absolute atomic E-state index is 12.7. The van der Waals surface area contributed by atoms with E-state index >= 15 is 0 Å². The van der Waals surface area contributed by atoms with Gasteiger partial charge < -0.3 is 4.90 Å². The van der Waals surface area contributed by atoms with Crippen molar-refractivity contribution in [3.05, 3.63) is 70.7 Å². The molecule has 3 nitrogen and oxygen atoms in total. The zero-order chi connectivity index (χ0) is 17.6. The van der Waals surface area contributed by atoms with Gasteiger partial charge in [-0.1, -0.05) is 60.1 Å². The molecule has 1 amide bonds. The van der Waals surface area contributed by atoms with E-state index in [0.717, 1.165) is 43.1 Å². The second-order valence-corrected chi connectivity index (χ2v) is 7.23. The summed E-state index contributed by atoms with van der Waals surface area (Å²) < 4.78 is 0. The van der Waals surface area contributed by atoms with Crippen LogP contribution < -0.4 is 0 Å². The molecule has 0 spiro atoms. The van der Waals surface area contributed by atoms with Crippen LogP contribution in [0.1, 0.15) is 24.0 Å². The van der Waals surface area contributed by atoms with Crippen LogP contribution in [0.2, 0.25) is 5.02 Å². The molecule has 25 heavy (non-hydrogen) atoms. The maximum atomic E-state index is 12.7. The van der Waals surface area contributed by atoms with E-state index in [-0.39, 0.29) is 11.8 Å². The van der Waals surface area contributed by atoms with Crippen molar-refractivity contribution in [1.82, 2.24) is 9.80 Å². The van der Waals surface area contributed by atoms with Gasteiger partial charge in [0, 0.05) is 31.1 Å². The fraction of sp³-hybridized carbons (Fsp3) is 0.381. The summed E-state index contributed by atoms with van der Waals surface area (Å²) in [6.45, 7) is 3.43. The lowest BCUT2D eigenvalue weighted by atomic mass is 9.95. The minimum absolute atomic E-state index is 0.135. The number of hydrogen-bond donors (Lipinski definition) is 0. The second-order valence-electron chi connectivity index (χ2n) is 6.82. The van der Waals surface area contributed by atoms with Crippen molar-refractivity contribution in [3.63, 3.8) is 0 Å². The lowest BCUT2D eigenvalue weighted by Crippen LogP contribution is -2.40. The number of carbonyl (C=O) groups excluding carboxylic acids is 1. The normalized spacial score (nSPS) is 15.9. The lowest BCUT2D eigenvalue weighted by molar-refractivity contribution is -0.136. The smallest absolute Gasteiger partial charge is 0.225 e. The predicted molar refractivity (Wildman–Crippen MR) is 102 cm³/mol. The molecule has 1 heterocycles. The average Bonchev–Trinajstić information content (AvgIpc) is 2.64. The minimum Gasteiger partial charge on any atom is -0.341 e. The summed E-state index contributed by atoms with van der Waals surface area (Å²) in [5.41, 5.74) is 2.34. The van der Waals surface area contributed by atoms with Crippen LogP contribution in [-0.2, 0) is 17.9 Å². The Hall–Kier alpha value is -1.84. The van der Waals surface area contributed by atoms with Crippen molar-refractivity contribution < 1.29 is 4.79 Å². The molecule has 1 aliphatic heterocycles. The molecule has 0 saturated carbocycles. The van der Waals surface area contributed by atoms with E-state index < -0.39 is 0 Å². The number of hydrogen-bond acceptors (Lipinski definition) is 2. The molecule has 4 heteroatoms. The van der Waals surface area contributed by atoms with Gasteiger partial charge in [0.05, 0.1) is 0 Å². The summed E-state index contributed by atoms with van der Waals surface area (Å²) in [4.78, 5) is 17.0. The molecule has 0 bridgehead atoms. The van der Waals surface area contributed by atoms with Crippen LogP contribution in [0.3, 0.4) is 0 Å². The molecule has 1 aliphatic rings. The third-order valence-corrected chi connectivity index (χ3v) is 5.30. The van der Waals surface area contributed by atoms with Crippen molar-refractivity contribution in [2.45, 2.75) is 25.9 Å². The van der Waals surface area contributed by atoms with Gasteiger partial charge in [0.15, 0.2) is 0 Å². The second kappa shape index (κ2) is 8.50. The monoisotopic (exact) mass is 356 g/mol. The Morgan fingerprint density at radius 1 is 1.08 bits per heavy atom. The molecule has 0 atom stereocenters. The highest BCUT2D eigenvalue weighted by Gasteiger charge is 2.27. The van der Waals surface area contributed by atoms with Gasteiger partial charge in [-0.05, 0) is 43.1 Å². The van der Waals surface area contributed by atoms with Crippen LogP contribution in [-0.4, -0.2) is 35.8 Å². The largest absolute Gasteiger partial charge is 0.341 e. The van der Waals surface area contributed by atoms with E-state index in [1.807, 2.05) is 48.3 Å². The summed E-state index contributed by atoms with van der Waals surface area (Å²) >= 11 is 6.25. The fourth-order valence-corrected chi connectivity index (χ4v) is 3.65. The van der Waals surface area contributed by atoms with E-state index in [4.69, 9.17) is 11.6 Å². The Morgan fingerprint density at radius 2 is 1.72 bits per heavy atom. The number of halogens is 1. The fourth-order valence-electron chi connectivity index (χ4n) is 3.45. The third kappa shape index (κ3) is 4.83. The first-order chi connectivity index (χ1) is 12.1. The van der Waals surface area contributed by atoms with Gasteiger partial charge in [-0.15, -0.1) is 0 Å². The summed E-state index contributed by atoms with van der Waals surface area (Å²) in [6, 6.07) is 18.2. The molecule has 2 aromatic carbocycles. The molecule has 0 N–H and O–H groups in total. The predicted octanol–water partition coefficient (Wildman–Crippen LogP) is 4.21. The molecule has 0 aromatic heterocycles. The Bertz CT molecular complexity index is 696. The molecule has 1 saturated heterocycles. The first kappa shape index (κ1) is 18.0.